The molecule has 0 spiro atoms. The summed E-state index contributed by atoms with van der Waals surface area (Å²) in [4.78, 5) is 23.6. The maximum Gasteiger partial charge on any atom is 0.340 e. The van der Waals surface area contributed by atoms with Crippen molar-refractivity contribution in [2.24, 2.45) is 0 Å². The third-order valence-corrected chi connectivity index (χ3v) is 6.06. The summed E-state index contributed by atoms with van der Waals surface area (Å²) >= 11 is 5.99. The highest BCUT2D eigenvalue weighted by atomic mass is 35.5. The number of amides is 1. The molecule has 0 aromatic heterocycles. The molecule has 7 nitrogen and oxygen atoms in total. The van der Waals surface area contributed by atoms with Gasteiger partial charge in [-0.25, -0.2) is 13.2 Å². The first-order chi connectivity index (χ1) is 12.4. The molecule has 1 amide bonds. The number of hydrogen-bond donors (Lipinski definition) is 1. The zero-order chi connectivity index (χ0) is 19.2. The number of nitrogens with one attached hydrogen (secondary N) is 1. The summed E-state index contributed by atoms with van der Waals surface area (Å²) in [5, 5.41) is 2.38. The number of piperidine rings is 1. The topological polar surface area (TPSA) is 92.8 Å². The van der Waals surface area contributed by atoms with Crippen LogP contribution in [-0.4, -0.2) is 50.8 Å². The number of carbonyl (C=O) groups excluding carboxylic acids is 2. The van der Waals surface area contributed by atoms with Crippen molar-refractivity contribution in [1.82, 2.24) is 9.62 Å². The molecule has 1 aromatic rings. The Kier molecular flexibility index (Phi) is 7.03. The van der Waals surface area contributed by atoms with Gasteiger partial charge in [-0.2, -0.15) is 4.31 Å². The van der Waals surface area contributed by atoms with Crippen molar-refractivity contribution in [3.8, 4) is 12.3 Å². The number of nitrogens with zero attached hydrogens (tertiary/aromatic N) is 1. The molecule has 1 aromatic carbocycles. The number of rotatable bonds is 6. The summed E-state index contributed by atoms with van der Waals surface area (Å²) in [5.41, 5.74) is -0.116. The molecule has 2 rings (SSSR count). The monoisotopic (exact) mass is 398 g/mol. The standard InChI is InChI=1S/C17H19ClN2O5S/c1-2-8-19-16(21)12-25-17(22)14-11-13(6-7-15(14)18)26(23,24)20-9-4-3-5-10-20/h1,6-7,11H,3-5,8-10,12H2,(H,19,21). The highest BCUT2D eigenvalue weighted by Gasteiger charge is 2.27. The van der Waals surface area contributed by atoms with Gasteiger partial charge in [0.15, 0.2) is 6.61 Å². The van der Waals surface area contributed by atoms with Crippen LogP contribution < -0.4 is 5.32 Å². The summed E-state index contributed by atoms with van der Waals surface area (Å²) in [7, 11) is -3.71. The van der Waals surface area contributed by atoms with Gasteiger partial charge < -0.3 is 10.1 Å². The highest BCUT2D eigenvalue weighted by Crippen LogP contribution is 2.25. The molecule has 0 bridgehead atoms. The first kappa shape index (κ1) is 20.2. The van der Waals surface area contributed by atoms with Gasteiger partial charge in [-0.1, -0.05) is 23.9 Å². The van der Waals surface area contributed by atoms with Crippen molar-refractivity contribution in [1.29, 1.82) is 0 Å². The second-order valence-corrected chi connectivity index (χ2v) is 8.01. The summed E-state index contributed by atoms with van der Waals surface area (Å²) in [5.74, 6) is 0.765. The van der Waals surface area contributed by atoms with E-state index in [9.17, 15) is 18.0 Å². The Balaban J connectivity index is 2.15. The number of esters is 1. The van der Waals surface area contributed by atoms with Gasteiger partial charge in [0.25, 0.3) is 5.91 Å². The van der Waals surface area contributed by atoms with E-state index in [1.54, 1.807) is 0 Å². The van der Waals surface area contributed by atoms with Crippen LogP contribution >= 0.6 is 11.6 Å². The molecule has 1 aliphatic rings. The molecule has 0 unspecified atom stereocenters. The predicted octanol–water partition coefficient (Wildman–Crippen LogP) is 1.42. The van der Waals surface area contributed by atoms with Crippen LogP contribution in [0.5, 0.6) is 0 Å². The molecular weight excluding hydrogens is 380 g/mol. The van der Waals surface area contributed by atoms with Crippen molar-refractivity contribution in [3.05, 3.63) is 28.8 Å². The van der Waals surface area contributed by atoms with E-state index in [0.29, 0.717) is 13.1 Å². The predicted molar refractivity (Wildman–Crippen MR) is 96.2 cm³/mol. The summed E-state index contributed by atoms with van der Waals surface area (Å²) < 4.78 is 31.7. The van der Waals surface area contributed by atoms with E-state index < -0.39 is 28.5 Å². The zero-order valence-electron chi connectivity index (χ0n) is 14.0. The molecule has 26 heavy (non-hydrogen) atoms. The van der Waals surface area contributed by atoms with Gasteiger partial charge in [-0.05, 0) is 31.0 Å². The maximum atomic E-state index is 12.7. The molecule has 9 heteroatoms. The Morgan fingerprint density at radius 1 is 1.27 bits per heavy atom. The average Bonchev–Trinajstić information content (AvgIpc) is 2.65. The van der Waals surface area contributed by atoms with Crippen LogP contribution in [0.25, 0.3) is 0 Å². The molecule has 1 fully saturated rings. The van der Waals surface area contributed by atoms with Crippen molar-refractivity contribution in [2.45, 2.75) is 24.2 Å². The Morgan fingerprint density at radius 2 is 1.96 bits per heavy atom. The second kappa shape index (κ2) is 9.03. The fourth-order valence-corrected chi connectivity index (χ4v) is 4.22. The summed E-state index contributed by atoms with van der Waals surface area (Å²) in [6.07, 6.45) is 7.60. The Hall–Kier alpha value is -2.08. The van der Waals surface area contributed by atoms with E-state index in [1.165, 1.54) is 22.5 Å². The first-order valence-corrected chi connectivity index (χ1v) is 9.85. The van der Waals surface area contributed by atoms with Gasteiger partial charge in [0.05, 0.1) is 22.0 Å². The molecule has 140 valence electrons. The number of terminal acetylenes is 1. The molecule has 1 aliphatic heterocycles. The van der Waals surface area contributed by atoms with E-state index in [0.717, 1.165) is 19.3 Å². The van der Waals surface area contributed by atoms with Crippen LogP contribution in [0.15, 0.2) is 23.1 Å². The molecule has 1 N–H and O–H groups in total. The number of carbonyl (C=O) groups is 2. The van der Waals surface area contributed by atoms with Gasteiger partial charge >= 0.3 is 5.97 Å². The van der Waals surface area contributed by atoms with E-state index in [1.807, 2.05) is 0 Å². The fraction of sp³-hybridized carbons (Fsp3) is 0.412. The maximum absolute atomic E-state index is 12.7. The average molecular weight is 399 g/mol. The second-order valence-electron chi connectivity index (χ2n) is 5.66. The SMILES string of the molecule is C#CCNC(=O)COC(=O)c1cc(S(=O)(=O)N2CCCCC2)ccc1Cl. The third kappa shape index (κ3) is 4.97. The molecule has 1 heterocycles. The Labute approximate surface area is 157 Å². The molecule has 0 atom stereocenters. The number of ether oxygens (including phenoxy) is 1. The van der Waals surface area contributed by atoms with Crippen LogP contribution in [0.3, 0.4) is 0 Å². The van der Waals surface area contributed by atoms with Crippen LogP contribution in [0.1, 0.15) is 29.6 Å². The van der Waals surface area contributed by atoms with Crippen molar-refractivity contribution in [2.75, 3.05) is 26.2 Å². The normalized spacial score (nSPS) is 15.1. The van der Waals surface area contributed by atoms with Crippen LogP contribution in [0, 0.1) is 12.3 Å². The van der Waals surface area contributed by atoms with Gasteiger partial charge in [0, 0.05) is 13.1 Å². The van der Waals surface area contributed by atoms with Crippen molar-refractivity contribution < 1.29 is 22.7 Å². The lowest BCUT2D eigenvalue weighted by atomic mass is 10.2. The lowest BCUT2D eigenvalue weighted by molar-refractivity contribution is -0.123. The van der Waals surface area contributed by atoms with Crippen LogP contribution in [0.4, 0.5) is 0 Å². The van der Waals surface area contributed by atoms with Crippen LogP contribution in [-0.2, 0) is 19.6 Å². The van der Waals surface area contributed by atoms with Gasteiger partial charge in [0.2, 0.25) is 10.0 Å². The Bertz CT molecular complexity index is 826. The first-order valence-electron chi connectivity index (χ1n) is 8.03. The van der Waals surface area contributed by atoms with Crippen molar-refractivity contribution in [3.63, 3.8) is 0 Å². The van der Waals surface area contributed by atoms with Gasteiger partial charge in [0.1, 0.15) is 0 Å². The van der Waals surface area contributed by atoms with Gasteiger partial charge in [-0.3, -0.25) is 4.79 Å². The van der Waals surface area contributed by atoms with E-state index in [2.05, 4.69) is 11.2 Å². The van der Waals surface area contributed by atoms with Crippen molar-refractivity contribution >= 4 is 33.5 Å². The molecule has 0 radical (unpaired) electrons. The smallest absolute Gasteiger partial charge is 0.340 e. The minimum Gasteiger partial charge on any atom is -0.452 e. The number of halogens is 1. The minimum absolute atomic E-state index is 0.0146. The lowest BCUT2D eigenvalue weighted by Gasteiger charge is -2.26. The van der Waals surface area contributed by atoms with Gasteiger partial charge in [-0.15, -0.1) is 6.42 Å². The molecule has 0 saturated carbocycles. The number of hydrogen-bond acceptors (Lipinski definition) is 5. The summed E-state index contributed by atoms with van der Waals surface area (Å²) in [6.45, 7) is 0.362. The highest BCUT2D eigenvalue weighted by molar-refractivity contribution is 7.89. The minimum atomic E-state index is -3.71. The largest absolute Gasteiger partial charge is 0.452 e. The van der Waals surface area contributed by atoms with E-state index in [4.69, 9.17) is 22.8 Å². The molecular formula is C17H19ClN2O5S. The lowest BCUT2D eigenvalue weighted by Crippen LogP contribution is -2.35. The Morgan fingerprint density at radius 3 is 2.62 bits per heavy atom. The molecule has 0 aliphatic carbocycles. The zero-order valence-corrected chi connectivity index (χ0v) is 15.6. The number of sulfonamides is 1. The van der Waals surface area contributed by atoms with E-state index in [-0.39, 0.29) is 22.0 Å². The van der Waals surface area contributed by atoms with Crippen LogP contribution in [0.2, 0.25) is 5.02 Å². The quantitative estimate of drug-likeness (QED) is 0.578. The third-order valence-electron chi connectivity index (χ3n) is 3.83. The number of benzene rings is 1. The summed E-state index contributed by atoms with van der Waals surface area (Å²) in [6, 6.07) is 3.85. The van der Waals surface area contributed by atoms with E-state index >= 15 is 0 Å². The fourth-order valence-electron chi connectivity index (χ4n) is 2.49. The molecule has 1 saturated heterocycles.